The monoisotopic (exact) mass is 192 g/mol. The SMILES string of the molecule is c1cc(CNC2CCC[C@H]3C[C@@H]23)no1. The van der Waals surface area contributed by atoms with Crippen LogP contribution in [0.4, 0.5) is 0 Å². The van der Waals surface area contributed by atoms with Gasteiger partial charge < -0.3 is 9.84 Å². The van der Waals surface area contributed by atoms with Crippen molar-refractivity contribution in [1.82, 2.24) is 10.5 Å². The molecule has 76 valence electrons. The molecule has 0 amide bonds. The lowest BCUT2D eigenvalue weighted by molar-refractivity contribution is 0.345. The molecule has 2 fully saturated rings. The van der Waals surface area contributed by atoms with Crippen LogP contribution in [0.2, 0.25) is 0 Å². The Hall–Kier alpha value is -0.830. The van der Waals surface area contributed by atoms with Gasteiger partial charge in [-0.2, -0.15) is 0 Å². The Morgan fingerprint density at radius 2 is 2.50 bits per heavy atom. The molecule has 0 bridgehead atoms. The molecular formula is C11H16N2O. The molecule has 0 saturated heterocycles. The summed E-state index contributed by atoms with van der Waals surface area (Å²) < 4.78 is 4.80. The van der Waals surface area contributed by atoms with Crippen LogP contribution in [0.15, 0.2) is 16.9 Å². The molecule has 3 nitrogen and oxygen atoms in total. The first-order chi connectivity index (χ1) is 6.93. The lowest BCUT2D eigenvalue weighted by atomic mass is 9.95. The maximum atomic E-state index is 4.80. The summed E-state index contributed by atoms with van der Waals surface area (Å²) >= 11 is 0. The van der Waals surface area contributed by atoms with Gasteiger partial charge in [0.1, 0.15) is 6.26 Å². The van der Waals surface area contributed by atoms with Crippen LogP contribution in [-0.4, -0.2) is 11.2 Å². The molecule has 1 aromatic rings. The summed E-state index contributed by atoms with van der Waals surface area (Å²) in [5.74, 6) is 2.01. The van der Waals surface area contributed by atoms with Gasteiger partial charge in [0, 0.05) is 18.7 Å². The zero-order valence-corrected chi connectivity index (χ0v) is 8.28. The van der Waals surface area contributed by atoms with E-state index in [1.807, 2.05) is 6.07 Å². The summed E-state index contributed by atoms with van der Waals surface area (Å²) in [5.41, 5.74) is 1.02. The normalized spacial score (nSPS) is 35.3. The van der Waals surface area contributed by atoms with E-state index in [0.29, 0.717) is 0 Å². The zero-order chi connectivity index (χ0) is 9.38. The molecule has 1 N–H and O–H groups in total. The minimum atomic E-state index is 0.741. The second-order valence-electron chi connectivity index (χ2n) is 4.57. The number of fused-ring (bicyclic) bond motifs is 1. The molecule has 3 heteroatoms. The molecule has 2 aliphatic carbocycles. The van der Waals surface area contributed by atoms with Crippen LogP contribution in [0.5, 0.6) is 0 Å². The van der Waals surface area contributed by atoms with E-state index in [2.05, 4.69) is 10.5 Å². The van der Waals surface area contributed by atoms with Crippen molar-refractivity contribution in [3.63, 3.8) is 0 Å². The van der Waals surface area contributed by atoms with Crippen LogP contribution >= 0.6 is 0 Å². The molecular weight excluding hydrogens is 176 g/mol. The van der Waals surface area contributed by atoms with Crippen molar-refractivity contribution in [2.45, 2.75) is 38.3 Å². The van der Waals surface area contributed by atoms with Crippen LogP contribution < -0.4 is 5.32 Å². The largest absolute Gasteiger partial charge is 0.364 e. The van der Waals surface area contributed by atoms with E-state index >= 15 is 0 Å². The Bertz CT molecular complexity index is 296. The summed E-state index contributed by atoms with van der Waals surface area (Å²) in [7, 11) is 0. The van der Waals surface area contributed by atoms with Gasteiger partial charge in [0.25, 0.3) is 0 Å². The van der Waals surface area contributed by atoms with E-state index in [-0.39, 0.29) is 0 Å². The lowest BCUT2D eigenvalue weighted by Gasteiger charge is -2.22. The molecule has 3 rings (SSSR count). The molecule has 1 aromatic heterocycles. The molecule has 2 saturated carbocycles. The third-order valence-electron chi connectivity index (χ3n) is 3.62. The van der Waals surface area contributed by atoms with E-state index in [0.717, 1.165) is 30.1 Å². The summed E-state index contributed by atoms with van der Waals surface area (Å²) in [6, 6.07) is 2.67. The predicted octanol–water partition coefficient (Wildman–Crippen LogP) is 1.95. The maximum Gasteiger partial charge on any atom is 0.124 e. The molecule has 0 spiro atoms. The lowest BCUT2D eigenvalue weighted by Crippen LogP contribution is -2.33. The number of nitrogens with one attached hydrogen (secondary N) is 1. The molecule has 14 heavy (non-hydrogen) atoms. The average Bonchev–Trinajstić information content (AvgIpc) is 2.83. The Kier molecular flexibility index (Phi) is 2.05. The van der Waals surface area contributed by atoms with Crippen LogP contribution in [0.25, 0.3) is 0 Å². The molecule has 3 atom stereocenters. The zero-order valence-electron chi connectivity index (χ0n) is 8.28. The summed E-state index contributed by atoms with van der Waals surface area (Å²) in [6.07, 6.45) is 7.30. The standard InChI is InChI=1S/C11H16N2O/c1-2-8-6-10(8)11(3-1)12-7-9-4-5-14-13-9/h4-5,8,10-12H,1-3,6-7H2/t8-,10+,11?/m0/s1. The minimum absolute atomic E-state index is 0.741. The molecule has 0 aliphatic heterocycles. The van der Waals surface area contributed by atoms with Gasteiger partial charge in [-0.05, 0) is 24.7 Å². The van der Waals surface area contributed by atoms with Crippen molar-refractivity contribution >= 4 is 0 Å². The number of hydrogen-bond donors (Lipinski definition) is 1. The predicted molar refractivity (Wildman–Crippen MR) is 52.6 cm³/mol. The second-order valence-corrected chi connectivity index (χ2v) is 4.57. The fraction of sp³-hybridized carbons (Fsp3) is 0.727. The molecule has 0 radical (unpaired) electrons. The van der Waals surface area contributed by atoms with Crippen LogP contribution in [0.1, 0.15) is 31.4 Å². The van der Waals surface area contributed by atoms with Crippen molar-refractivity contribution in [2.24, 2.45) is 11.8 Å². The van der Waals surface area contributed by atoms with E-state index in [4.69, 9.17) is 4.52 Å². The third-order valence-corrected chi connectivity index (χ3v) is 3.62. The highest BCUT2D eigenvalue weighted by molar-refractivity contribution is 5.00. The Morgan fingerprint density at radius 3 is 3.36 bits per heavy atom. The number of rotatable bonds is 3. The van der Waals surface area contributed by atoms with E-state index < -0.39 is 0 Å². The van der Waals surface area contributed by atoms with E-state index in [9.17, 15) is 0 Å². The van der Waals surface area contributed by atoms with Crippen molar-refractivity contribution in [2.75, 3.05) is 0 Å². The summed E-state index contributed by atoms with van der Waals surface area (Å²) in [5, 5.41) is 7.49. The number of hydrogen-bond acceptors (Lipinski definition) is 3. The second kappa shape index (κ2) is 3.39. The first-order valence-electron chi connectivity index (χ1n) is 5.56. The molecule has 0 aromatic carbocycles. The van der Waals surface area contributed by atoms with Crippen LogP contribution in [-0.2, 0) is 6.54 Å². The minimum Gasteiger partial charge on any atom is -0.364 e. The Morgan fingerprint density at radius 1 is 1.50 bits per heavy atom. The highest BCUT2D eigenvalue weighted by Crippen LogP contribution is 2.49. The maximum absolute atomic E-state index is 4.80. The topological polar surface area (TPSA) is 38.1 Å². The van der Waals surface area contributed by atoms with Crippen molar-refractivity contribution in [1.29, 1.82) is 0 Å². The number of aromatic nitrogens is 1. The third kappa shape index (κ3) is 1.57. The average molecular weight is 192 g/mol. The van der Waals surface area contributed by atoms with Crippen molar-refractivity contribution < 1.29 is 4.52 Å². The van der Waals surface area contributed by atoms with E-state index in [1.54, 1.807) is 6.26 Å². The van der Waals surface area contributed by atoms with Gasteiger partial charge in [0.05, 0.1) is 5.69 Å². The summed E-state index contributed by atoms with van der Waals surface area (Å²) in [4.78, 5) is 0. The molecule has 2 aliphatic rings. The van der Waals surface area contributed by atoms with Gasteiger partial charge in [-0.15, -0.1) is 0 Å². The Balaban J connectivity index is 1.52. The van der Waals surface area contributed by atoms with Gasteiger partial charge in [-0.1, -0.05) is 18.0 Å². The smallest absolute Gasteiger partial charge is 0.124 e. The van der Waals surface area contributed by atoms with Crippen molar-refractivity contribution in [3.05, 3.63) is 18.0 Å². The van der Waals surface area contributed by atoms with Crippen molar-refractivity contribution in [3.8, 4) is 0 Å². The Labute approximate surface area is 83.9 Å². The first-order valence-corrected chi connectivity index (χ1v) is 5.56. The number of nitrogens with zero attached hydrogens (tertiary/aromatic N) is 1. The van der Waals surface area contributed by atoms with Gasteiger partial charge in [0.15, 0.2) is 0 Å². The highest BCUT2D eigenvalue weighted by atomic mass is 16.5. The van der Waals surface area contributed by atoms with Gasteiger partial charge in [-0.25, -0.2) is 0 Å². The van der Waals surface area contributed by atoms with Gasteiger partial charge in [-0.3, -0.25) is 0 Å². The first kappa shape index (κ1) is 8.48. The van der Waals surface area contributed by atoms with Crippen LogP contribution in [0.3, 0.4) is 0 Å². The van der Waals surface area contributed by atoms with Crippen LogP contribution in [0, 0.1) is 11.8 Å². The fourth-order valence-electron chi connectivity index (χ4n) is 2.73. The molecule has 1 unspecified atom stereocenters. The quantitative estimate of drug-likeness (QED) is 0.795. The van der Waals surface area contributed by atoms with Gasteiger partial charge in [0.2, 0.25) is 0 Å². The highest BCUT2D eigenvalue weighted by Gasteiger charge is 2.44. The molecule has 1 heterocycles. The van der Waals surface area contributed by atoms with Gasteiger partial charge >= 0.3 is 0 Å². The van der Waals surface area contributed by atoms with E-state index in [1.165, 1.54) is 25.7 Å². The summed E-state index contributed by atoms with van der Waals surface area (Å²) in [6.45, 7) is 0.865. The fourth-order valence-corrected chi connectivity index (χ4v) is 2.73.